The molecule has 5 aliphatic rings. The number of para-hydroxylation sites is 2. The van der Waals surface area contributed by atoms with E-state index in [2.05, 4.69) is 149 Å². The van der Waals surface area contributed by atoms with Crippen molar-refractivity contribution in [3.63, 3.8) is 0 Å². The first kappa shape index (κ1) is 31.0. The highest BCUT2D eigenvalue weighted by molar-refractivity contribution is 6.19. The summed E-state index contributed by atoms with van der Waals surface area (Å²) in [7, 11) is 0. The first-order valence-electron chi connectivity index (χ1n) is 20.5. The minimum Gasteiger partial charge on any atom is -0.309 e. The minimum atomic E-state index is 0.0628. The third-order valence-electron chi connectivity index (χ3n) is 14.4. The lowest BCUT2D eigenvalue weighted by atomic mass is 9.43. The average molecular weight is 721 g/mol. The molecule has 9 aromatic rings. The van der Waals surface area contributed by atoms with Crippen LogP contribution in [-0.2, 0) is 5.41 Å². The maximum atomic E-state index is 5.01. The lowest BCUT2D eigenvalue weighted by Gasteiger charge is -2.61. The Bertz CT molecular complexity index is 3040. The van der Waals surface area contributed by atoms with Crippen molar-refractivity contribution in [2.24, 2.45) is 23.7 Å². The first-order valence-corrected chi connectivity index (χ1v) is 20.5. The van der Waals surface area contributed by atoms with E-state index in [0.717, 1.165) is 50.7 Å². The fourth-order valence-electron chi connectivity index (χ4n) is 12.7. The summed E-state index contributed by atoms with van der Waals surface area (Å²) in [5.41, 5.74) is 15.0. The number of benzene rings is 6. The second kappa shape index (κ2) is 11.4. The standard InChI is InChI=1S/C52H40N4/c1-2-12-37(13-3-1)55-45-18-7-5-15-41(45)49-46(55)19-8-20-47(49)56(48-30-34-11-9-23-53-50(34)51-42(48)16-10-24-54-51)38-21-22-40-39-14-4-6-17-43(39)52(44(40)31-38)35-26-32-25-33(28-35)29-36(52)27-32/h1-24,30-33,35-36H,25-29H2. The zero-order chi connectivity index (χ0) is 36.5. The fraction of sp³-hybridized carbons (Fsp3) is 0.192. The maximum absolute atomic E-state index is 5.01. The average Bonchev–Trinajstić information content (AvgIpc) is 3.74. The lowest BCUT2D eigenvalue weighted by Crippen LogP contribution is -2.55. The molecule has 3 aromatic heterocycles. The molecule has 0 amide bonds. The van der Waals surface area contributed by atoms with Gasteiger partial charge in [-0.15, -0.1) is 0 Å². The van der Waals surface area contributed by atoms with Gasteiger partial charge >= 0.3 is 0 Å². The number of hydrogen-bond acceptors (Lipinski definition) is 3. The molecular weight excluding hydrogens is 681 g/mol. The Labute approximate surface area is 326 Å². The topological polar surface area (TPSA) is 34.0 Å². The zero-order valence-corrected chi connectivity index (χ0v) is 31.1. The molecule has 4 nitrogen and oxygen atoms in total. The van der Waals surface area contributed by atoms with Gasteiger partial charge in [-0.1, -0.05) is 78.9 Å². The largest absolute Gasteiger partial charge is 0.309 e. The third-order valence-corrected chi connectivity index (χ3v) is 14.4. The number of fused-ring (bicyclic) bond motifs is 9. The van der Waals surface area contributed by atoms with Crippen LogP contribution < -0.4 is 4.90 Å². The van der Waals surface area contributed by atoms with E-state index < -0.39 is 0 Å². The van der Waals surface area contributed by atoms with E-state index in [9.17, 15) is 0 Å². The smallest absolute Gasteiger partial charge is 0.0985 e. The lowest BCUT2D eigenvalue weighted by molar-refractivity contribution is -0.0399. The molecule has 0 aliphatic heterocycles. The number of anilines is 3. The summed E-state index contributed by atoms with van der Waals surface area (Å²) in [4.78, 5) is 12.4. The van der Waals surface area contributed by atoms with Crippen LogP contribution >= 0.6 is 0 Å². The van der Waals surface area contributed by atoms with Crippen LogP contribution in [0.3, 0.4) is 0 Å². The van der Waals surface area contributed by atoms with E-state index in [4.69, 9.17) is 9.97 Å². The molecule has 0 atom stereocenters. The first-order chi connectivity index (χ1) is 27.8. The Balaban J connectivity index is 1.14. The van der Waals surface area contributed by atoms with E-state index >= 15 is 0 Å². The third kappa shape index (κ3) is 4.04. The van der Waals surface area contributed by atoms with Gasteiger partial charge in [-0.2, -0.15) is 0 Å². The van der Waals surface area contributed by atoms with Crippen LogP contribution in [0.1, 0.15) is 43.2 Å². The van der Waals surface area contributed by atoms with E-state index in [-0.39, 0.29) is 5.41 Å². The molecule has 4 heteroatoms. The molecule has 14 rings (SSSR count). The maximum Gasteiger partial charge on any atom is 0.0985 e. The molecule has 5 aliphatic carbocycles. The zero-order valence-electron chi connectivity index (χ0n) is 31.1. The van der Waals surface area contributed by atoms with Gasteiger partial charge < -0.3 is 9.47 Å². The molecule has 0 radical (unpaired) electrons. The minimum absolute atomic E-state index is 0.0628. The number of pyridine rings is 2. The van der Waals surface area contributed by atoms with Crippen LogP contribution in [-0.4, -0.2) is 14.5 Å². The van der Waals surface area contributed by atoms with Crippen molar-refractivity contribution in [2.45, 2.75) is 37.5 Å². The monoisotopic (exact) mass is 720 g/mol. The Morgan fingerprint density at radius 1 is 0.518 bits per heavy atom. The van der Waals surface area contributed by atoms with Gasteiger partial charge in [-0.05, 0) is 145 Å². The molecule has 6 aromatic carbocycles. The van der Waals surface area contributed by atoms with Crippen molar-refractivity contribution >= 4 is 60.7 Å². The summed E-state index contributed by atoms with van der Waals surface area (Å²) in [6, 6.07) is 54.4. The Morgan fingerprint density at radius 3 is 2.07 bits per heavy atom. The van der Waals surface area contributed by atoms with E-state index in [1.54, 1.807) is 11.1 Å². The van der Waals surface area contributed by atoms with E-state index in [1.807, 2.05) is 18.5 Å². The Hall–Kier alpha value is -6.26. The van der Waals surface area contributed by atoms with Gasteiger partial charge in [0, 0.05) is 50.7 Å². The Kier molecular flexibility index (Phi) is 6.31. The molecule has 0 unspecified atom stereocenters. The molecular formula is C52H40N4. The molecule has 0 saturated heterocycles. The van der Waals surface area contributed by atoms with Crippen molar-refractivity contribution in [3.8, 4) is 16.8 Å². The second-order valence-electron chi connectivity index (χ2n) is 17.0. The van der Waals surface area contributed by atoms with Gasteiger partial charge in [0.1, 0.15) is 0 Å². The van der Waals surface area contributed by atoms with E-state index in [1.165, 1.54) is 70.7 Å². The quantitative estimate of drug-likeness (QED) is 0.170. The van der Waals surface area contributed by atoms with Gasteiger partial charge in [-0.25, -0.2) is 0 Å². The number of nitrogens with zero attached hydrogens (tertiary/aromatic N) is 4. The van der Waals surface area contributed by atoms with Crippen molar-refractivity contribution in [2.75, 3.05) is 4.90 Å². The molecule has 4 saturated carbocycles. The van der Waals surface area contributed by atoms with Crippen molar-refractivity contribution in [1.82, 2.24) is 14.5 Å². The van der Waals surface area contributed by atoms with Crippen molar-refractivity contribution in [3.05, 3.63) is 169 Å². The normalized spacial score (nSPS) is 23.1. The molecule has 4 bridgehead atoms. The van der Waals surface area contributed by atoms with Gasteiger partial charge in [0.15, 0.2) is 0 Å². The molecule has 4 fully saturated rings. The van der Waals surface area contributed by atoms with Crippen molar-refractivity contribution in [1.29, 1.82) is 0 Å². The molecule has 3 heterocycles. The predicted molar refractivity (Wildman–Crippen MR) is 229 cm³/mol. The van der Waals surface area contributed by atoms with Crippen LogP contribution in [0.25, 0.3) is 60.4 Å². The summed E-state index contributed by atoms with van der Waals surface area (Å²) in [5, 5.41) is 4.66. The summed E-state index contributed by atoms with van der Waals surface area (Å²) < 4.78 is 2.43. The molecule has 56 heavy (non-hydrogen) atoms. The van der Waals surface area contributed by atoms with Crippen LogP contribution in [0.5, 0.6) is 0 Å². The summed E-state index contributed by atoms with van der Waals surface area (Å²) >= 11 is 0. The summed E-state index contributed by atoms with van der Waals surface area (Å²) in [5.74, 6) is 3.16. The highest BCUT2D eigenvalue weighted by Gasteiger charge is 2.61. The summed E-state index contributed by atoms with van der Waals surface area (Å²) in [6.45, 7) is 0. The van der Waals surface area contributed by atoms with Gasteiger partial charge in [-0.3, -0.25) is 9.97 Å². The predicted octanol–water partition coefficient (Wildman–Crippen LogP) is 13.1. The van der Waals surface area contributed by atoms with Crippen LogP contribution in [0.2, 0.25) is 0 Å². The Morgan fingerprint density at radius 2 is 1.21 bits per heavy atom. The highest BCUT2D eigenvalue weighted by atomic mass is 15.2. The van der Waals surface area contributed by atoms with Crippen LogP contribution in [0.4, 0.5) is 17.1 Å². The van der Waals surface area contributed by atoms with E-state index in [0.29, 0.717) is 11.8 Å². The highest BCUT2D eigenvalue weighted by Crippen LogP contribution is 2.69. The van der Waals surface area contributed by atoms with Gasteiger partial charge in [0.2, 0.25) is 0 Å². The number of aromatic nitrogens is 3. The SMILES string of the molecule is c1ccc(-n2c3ccccc3c3c(N(c4ccc5c(c4)C4(c6ccccc6-5)C5CC6CC(C5)CC4C6)c4cc5cccnc5c5ncccc45)cccc32)cc1. The fourth-order valence-corrected chi connectivity index (χ4v) is 12.7. The van der Waals surface area contributed by atoms with Gasteiger partial charge in [0.05, 0.1) is 33.4 Å². The van der Waals surface area contributed by atoms with Gasteiger partial charge in [0.25, 0.3) is 0 Å². The number of rotatable bonds is 4. The second-order valence-corrected chi connectivity index (χ2v) is 17.0. The number of hydrogen-bond donors (Lipinski definition) is 0. The van der Waals surface area contributed by atoms with Crippen molar-refractivity contribution < 1.29 is 0 Å². The molecule has 1 spiro atoms. The van der Waals surface area contributed by atoms with Crippen LogP contribution in [0.15, 0.2) is 158 Å². The van der Waals surface area contributed by atoms with Crippen LogP contribution in [0, 0.1) is 23.7 Å². The summed E-state index contributed by atoms with van der Waals surface area (Å²) in [6.07, 6.45) is 10.7. The molecule has 268 valence electrons. The molecule has 0 N–H and O–H groups in total.